The van der Waals surface area contributed by atoms with Crippen LogP contribution < -0.4 is 10.9 Å². The zero-order valence-electron chi connectivity index (χ0n) is 10.8. The van der Waals surface area contributed by atoms with Gasteiger partial charge in [0.2, 0.25) is 0 Å². The SMILES string of the molecule is O=c1[nH]c(CSc2cccc(Br)c2)nc2c1CNCC2. The van der Waals surface area contributed by atoms with E-state index < -0.39 is 0 Å². The summed E-state index contributed by atoms with van der Waals surface area (Å²) in [6.07, 6.45) is 0.827. The average Bonchev–Trinajstić information content (AvgIpc) is 2.45. The van der Waals surface area contributed by atoms with Crippen molar-refractivity contribution in [2.24, 2.45) is 0 Å². The van der Waals surface area contributed by atoms with Gasteiger partial charge in [0.15, 0.2) is 0 Å². The van der Waals surface area contributed by atoms with Crippen LogP contribution in [0, 0.1) is 0 Å². The van der Waals surface area contributed by atoms with E-state index in [-0.39, 0.29) is 5.56 Å². The van der Waals surface area contributed by atoms with Crippen molar-refractivity contribution in [3.63, 3.8) is 0 Å². The molecular formula is C14H14BrN3OS. The van der Waals surface area contributed by atoms with Crippen LogP contribution in [-0.2, 0) is 18.7 Å². The smallest absolute Gasteiger partial charge is 0.255 e. The first-order valence-electron chi connectivity index (χ1n) is 6.42. The number of hydrogen-bond acceptors (Lipinski definition) is 4. The van der Waals surface area contributed by atoms with Gasteiger partial charge in [-0.2, -0.15) is 0 Å². The van der Waals surface area contributed by atoms with E-state index >= 15 is 0 Å². The zero-order chi connectivity index (χ0) is 13.9. The van der Waals surface area contributed by atoms with Crippen molar-refractivity contribution in [3.05, 3.63) is 56.2 Å². The molecule has 0 fully saturated rings. The Morgan fingerprint density at radius 1 is 1.40 bits per heavy atom. The highest BCUT2D eigenvalue weighted by Crippen LogP contribution is 2.24. The summed E-state index contributed by atoms with van der Waals surface area (Å²) in [6, 6.07) is 8.11. The van der Waals surface area contributed by atoms with E-state index in [2.05, 4.69) is 43.3 Å². The van der Waals surface area contributed by atoms with Crippen LogP contribution in [0.2, 0.25) is 0 Å². The van der Waals surface area contributed by atoms with E-state index in [9.17, 15) is 4.79 Å². The van der Waals surface area contributed by atoms with Gasteiger partial charge in [-0.1, -0.05) is 22.0 Å². The Labute approximate surface area is 129 Å². The van der Waals surface area contributed by atoms with E-state index in [1.54, 1.807) is 11.8 Å². The van der Waals surface area contributed by atoms with Gasteiger partial charge in [-0.3, -0.25) is 4.79 Å². The largest absolute Gasteiger partial charge is 0.312 e. The first-order chi connectivity index (χ1) is 9.72. The molecule has 0 saturated heterocycles. The number of H-pyrrole nitrogens is 1. The van der Waals surface area contributed by atoms with Crippen molar-refractivity contribution in [1.29, 1.82) is 0 Å². The molecule has 2 heterocycles. The quantitative estimate of drug-likeness (QED) is 0.834. The summed E-state index contributed by atoms with van der Waals surface area (Å²) in [5, 5.41) is 3.19. The first kappa shape index (κ1) is 13.9. The molecule has 2 N–H and O–H groups in total. The fraction of sp³-hybridized carbons (Fsp3) is 0.286. The Kier molecular flexibility index (Phi) is 4.24. The van der Waals surface area contributed by atoms with Crippen molar-refractivity contribution < 1.29 is 0 Å². The second-order valence-electron chi connectivity index (χ2n) is 4.61. The van der Waals surface area contributed by atoms with Gasteiger partial charge in [-0.25, -0.2) is 4.98 Å². The normalized spacial score (nSPS) is 14.1. The van der Waals surface area contributed by atoms with Crippen LogP contribution in [0.3, 0.4) is 0 Å². The van der Waals surface area contributed by atoms with Gasteiger partial charge in [0.1, 0.15) is 5.82 Å². The Bertz CT molecular complexity index is 686. The molecule has 0 bridgehead atoms. The molecule has 1 aliphatic rings. The fourth-order valence-electron chi connectivity index (χ4n) is 2.18. The molecule has 4 nitrogen and oxygen atoms in total. The third-order valence-corrected chi connectivity index (χ3v) is 4.66. The molecule has 104 valence electrons. The maximum atomic E-state index is 12.0. The van der Waals surface area contributed by atoms with Crippen LogP contribution in [0.1, 0.15) is 17.1 Å². The molecule has 0 aliphatic carbocycles. The number of rotatable bonds is 3. The molecule has 1 aliphatic heterocycles. The van der Waals surface area contributed by atoms with Gasteiger partial charge < -0.3 is 10.3 Å². The molecule has 0 amide bonds. The average molecular weight is 352 g/mol. The first-order valence-corrected chi connectivity index (χ1v) is 8.20. The number of aromatic nitrogens is 2. The van der Waals surface area contributed by atoms with Crippen molar-refractivity contribution in [2.75, 3.05) is 6.54 Å². The molecule has 2 aromatic rings. The lowest BCUT2D eigenvalue weighted by Crippen LogP contribution is -2.32. The van der Waals surface area contributed by atoms with Crippen molar-refractivity contribution >= 4 is 27.7 Å². The summed E-state index contributed by atoms with van der Waals surface area (Å²) < 4.78 is 1.06. The summed E-state index contributed by atoms with van der Waals surface area (Å²) >= 11 is 5.12. The van der Waals surface area contributed by atoms with E-state index in [1.807, 2.05) is 12.1 Å². The minimum atomic E-state index is -0.00737. The van der Waals surface area contributed by atoms with E-state index in [1.165, 1.54) is 0 Å². The lowest BCUT2D eigenvalue weighted by molar-refractivity contribution is 0.616. The number of aromatic amines is 1. The maximum Gasteiger partial charge on any atom is 0.255 e. The predicted molar refractivity (Wildman–Crippen MR) is 84.0 cm³/mol. The number of benzene rings is 1. The van der Waals surface area contributed by atoms with E-state index in [0.29, 0.717) is 12.3 Å². The molecule has 0 saturated carbocycles. The predicted octanol–water partition coefficient (Wildman–Crippen LogP) is 2.47. The summed E-state index contributed by atoms with van der Waals surface area (Å²) in [5.74, 6) is 1.42. The molecule has 0 radical (unpaired) electrons. The second-order valence-corrected chi connectivity index (χ2v) is 6.58. The number of nitrogens with zero attached hydrogens (tertiary/aromatic N) is 1. The summed E-state index contributed by atoms with van der Waals surface area (Å²) in [4.78, 5) is 20.6. The molecule has 0 unspecified atom stereocenters. The molecule has 1 aromatic carbocycles. The minimum absolute atomic E-state index is 0.00737. The van der Waals surface area contributed by atoms with Crippen LogP contribution in [-0.4, -0.2) is 16.5 Å². The molecular weight excluding hydrogens is 338 g/mol. The van der Waals surface area contributed by atoms with Crippen LogP contribution in [0.15, 0.2) is 38.4 Å². The molecule has 20 heavy (non-hydrogen) atoms. The van der Waals surface area contributed by atoms with Crippen LogP contribution >= 0.6 is 27.7 Å². The zero-order valence-corrected chi connectivity index (χ0v) is 13.2. The van der Waals surface area contributed by atoms with Crippen LogP contribution in [0.5, 0.6) is 0 Å². The Balaban J connectivity index is 1.78. The topological polar surface area (TPSA) is 57.8 Å². The fourth-order valence-corrected chi connectivity index (χ4v) is 3.56. The molecule has 0 atom stereocenters. The molecule has 6 heteroatoms. The highest BCUT2D eigenvalue weighted by molar-refractivity contribution is 9.10. The number of halogens is 1. The Morgan fingerprint density at radius 2 is 2.30 bits per heavy atom. The van der Waals surface area contributed by atoms with Gasteiger partial charge in [0, 0.05) is 28.9 Å². The highest BCUT2D eigenvalue weighted by atomic mass is 79.9. The summed E-state index contributed by atoms with van der Waals surface area (Å²) in [5.41, 5.74) is 1.72. The van der Waals surface area contributed by atoms with E-state index in [4.69, 9.17) is 0 Å². The maximum absolute atomic E-state index is 12.0. The van der Waals surface area contributed by atoms with Crippen LogP contribution in [0.4, 0.5) is 0 Å². The van der Waals surface area contributed by atoms with Gasteiger partial charge in [-0.15, -0.1) is 11.8 Å². The van der Waals surface area contributed by atoms with Crippen molar-refractivity contribution in [1.82, 2.24) is 15.3 Å². The Hall–Kier alpha value is -1.11. The molecule has 3 rings (SSSR count). The standard InChI is InChI=1S/C14H14BrN3OS/c15-9-2-1-3-10(6-9)20-8-13-17-12-4-5-16-7-11(12)14(19)18-13/h1-3,6,16H,4-5,7-8H2,(H,17,18,19). The highest BCUT2D eigenvalue weighted by Gasteiger charge is 2.14. The summed E-state index contributed by atoms with van der Waals surface area (Å²) in [7, 11) is 0. The molecule has 1 aromatic heterocycles. The third-order valence-electron chi connectivity index (χ3n) is 3.16. The summed E-state index contributed by atoms with van der Waals surface area (Å²) in [6.45, 7) is 1.51. The minimum Gasteiger partial charge on any atom is -0.312 e. The van der Waals surface area contributed by atoms with Crippen LogP contribution in [0.25, 0.3) is 0 Å². The van der Waals surface area contributed by atoms with Crippen molar-refractivity contribution in [2.45, 2.75) is 23.6 Å². The monoisotopic (exact) mass is 351 g/mol. The van der Waals surface area contributed by atoms with Gasteiger partial charge in [0.05, 0.1) is 17.0 Å². The Morgan fingerprint density at radius 3 is 3.15 bits per heavy atom. The third kappa shape index (κ3) is 3.13. The lowest BCUT2D eigenvalue weighted by atomic mass is 10.1. The lowest BCUT2D eigenvalue weighted by Gasteiger charge is -2.15. The second kappa shape index (κ2) is 6.11. The number of fused-ring (bicyclic) bond motifs is 1. The van der Waals surface area contributed by atoms with Crippen molar-refractivity contribution in [3.8, 4) is 0 Å². The number of thioether (sulfide) groups is 1. The van der Waals surface area contributed by atoms with E-state index in [0.717, 1.165) is 39.4 Å². The number of hydrogen-bond donors (Lipinski definition) is 2. The number of nitrogens with one attached hydrogen (secondary N) is 2. The van der Waals surface area contributed by atoms with Gasteiger partial charge in [-0.05, 0) is 18.2 Å². The van der Waals surface area contributed by atoms with Gasteiger partial charge in [0.25, 0.3) is 5.56 Å². The van der Waals surface area contributed by atoms with Gasteiger partial charge >= 0.3 is 0 Å². The molecule has 0 spiro atoms.